The molecule has 2 atom stereocenters. The molecule has 9 aromatic carbocycles. The smallest absolute Gasteiger partial charge is 0.489 e. The van der Waals surface area contributed by atoms with Crippen molar-refractivity contribution in [3.63, 3.8) is 0 Å². The molecule has 1 saturated carbocycles. The van der Waals surface area contributed by atoms with Gasteiger partial charge in [-0.3, -0.25) is 42.9 Å². The summed E-state index contributed by atoms with van der Waals surface area (Å²) < 4.78 is 33.7. The van der Waals surface area contributed by atoms with Crippen LogP contribution in [-0.4, -0.2) is 152 Å². The van der Waals surface area contributed by atoms with Crippen LogP contribution in [0.15, 0.2) is 225 Å². The molecular formula is C96H102BBr3ClN11O12. The maximum Gasteiger partial charge on any atom is 0.494 e. The number of aromatic nitrogens is 8. The van der Waals surface area contributed by atoms with Crippen molar-refractivity contribution >= 4 is 157 Å². The molecule has 13 aromatic rings. The van der Waals surface area contributed by atoms with Crippen LogP contribution in [0.25, 0.3) is 65.9 Å². The van der Waals surface area contributed by atoms with Crippen molar-refractivity contribution in [1.29, 1.82) is 0 Å². The van der Waals surface area contributed by atoms with Crippen LogP contribution in [0.5, 0.6) is 5.75 Å². The lowest BCUT2D eigenvalue weighted by atomic mass is 9.78. The molecule has 0 spiro atoms. The second kappa shape index (κ2) is 41.0. The van der Waals surface area contributed by atoms with Crippen molar-refractivity contribution in [3.05, 3.63) is 259 Å². The van der Waals surface area contributed by atoms with Crippen molar-refractivity contribution in [2.24, 2.45) is 4.99 Å². The van der Waals surface area contributed by atoms with Gasteiger partial charge in [-0.25, -0.2) is 9.59 Å². The number of benzene rings is 9. The number of carbonyl (C=O) groups excluding carboxylic acids is 5. The molecule has 7 heterocycles. The number of esters is 1. The van der Waals surface area contributed by atoms with E-state index in [2.05, 4.69) is 187 Å². The Morgan fingerprint density at radius 3 is 1.55 bits per heavy atom. The number of likely N-dealkylation sites (tertiary alicyclic amines) is 1. The van der Waals surface area contributed by atoms with Gasteiger partial charge in [0.05, 0.1) is 82.2 Å². The minimum Gasteiger partial charge on any atom is -0.489 e. The number of hydrogen-bond donors (Lipinski definition) is 3. The molecule has 0 unspecified atom stereocenters. The molecular weight excluding hydrogens is 1790 g/mol. The fraction of sp³-hybridized carbons (Fsp3) is 0.323. The third-order valence-electron chi connectivity index (χ3n) is 21.8. The maximum atomic E-state index is 13.2. The Morgan fingerprint density at radius 2 is 1.04 bits per heavy atom. The van der Waals surface area contributed by atoms with E-state index in [4.69, 9.17) is 35.5 Å². The number of aliphatic carboxylic acids is 1. The van der Waals surface area contributed by atoms with E-state index in [1.165, 1.54) is 39.5 Å². The molecule has 2 saturated heterocycles. The molecule has 23 nitrogen and oxygen atoms in total. The molecule has 3 aliphatic heterocycles. The Kier molecular flexibility index (Phi) is 30.6. The number of fused-ring (bicyclic) bond motifs is 5. The minimum atomic E-state index is -1.44. The number of ketones is 3. The average molecular weight is 1890 g/mol. The normalized spacial score (nSPS) is 14.8. The average Bonchev–Trinajstić information content (AvgIpc) is 1.61. The standard InChI is InChI=1S/C34H37ClN4O4.C18H16N2O3.C16H21BO5.2C10H11BrN2.C8H6BrN/c1-21(2)39-30-18-24(9-10-26(30)19-36-39)22-5-7-23(8-6-22)33(41)34(42)37-29(20-38-15-3-4-16-38)32(40)25-11-14-31(28(35)17-25)43-27-12-13-27;1-11(2)20-16-9-14(7-8-15(16)10-19-20)12-3-5-13(6-4-12)17(21)18(22)23;1-6-20-14(19)13(18)11-7-9-12(10-8-11)17-21-15(2,3)16(4,5)22-17;1-7(2)13-6-8-3-4-9(11)5-10(8)12-13;1-7(2)13-10-5-9(11)4-3-8(10)6-12-13;9-8-2-1-6-4-10-5-7(6)3-8/h5-11,14,17-19,21,27,29,32,40H,3-4,12-13,15-16,20H2,1-2H3,(H,37,42);3-11H,1-2H3,(H,22,23);7-10H,6H2,1-5H3;2*3-7H,1-2H3;1-4H,5H2/t29-,32-;;;;;/m1...../s1. The number of amides is 1. The van der Waals surface area contributed by atoms with Crippen molar-refractivity contribution in [2.45, 2.75) is 176 Å². The van der Waals surface area contributed by atoms with E-state index < -0.39 is 65.7 Å². The Bertz CT molecular complexity index is 6010. The van der Waals surface area contributed by atoms with Crippen molar-refractivity contribution in [2.75, 3.05) is 26.2 Å². The van der Waals surface area contributed by atoms with E-state index in [1.807, 2.05) is 132 Å². The van der Waals surface area contributed by atoms with E-state index in [-0.39, 0.29) is 35.9 Å². The van der Waals surface area contributed by atoms with Crippen LogP contribution in [-0.2, 0) is 35.0 Å². The van der Waals surface area contributed by atoms with Crippen LogP contribution in [0.1, 0.15) is 194 Å². The lowest BCUT2D eigenvalue weighted by molar-refractivity contribution is -0.137. The fourth-order valence-corrected chi connectivity index (χ4v) is 15.4. The van der Waals surface area contributed by atoms with E-state index in [9.17, 15) is 33.9 Å². The van der Waals surface area contributed by atoms with Crippen LogP contribution < -0.4 is 15.5 Å². The monoisotopic (exact) mass is 1880 g/mol. The van der Waals surface area contributed by atoms with Crippen LogP contribution in [0.4, 0.5) is 0 Å². The van der Waals surface area contributed by atoms with Gasteiger partial charge in [-0.05, 0) is 234 Å². The van der Waals surface area contributed by atoms with Gasteiger partial charge in [0.15, 0.2) is 0 Å². The number of halogens is 4. The highest BCUT2D eigenvalue weighted by molar-refractivity contribution is 9.11. The SMILES string of the molecule is Brc1ccc2c(c1)CN=C2.CC(C)n1cc2ccc(Br)cc2n1.CC(C)n1ncc2ccc(-c3ccc(C(=O)C(=O)N[C@H](CN4CCCC4)[C@H](O)c4ccc(OC5CC5)c(Cl)c4)cc3)cc21.CC(C)n1ncc2ccc(-c3ccc(C(=O)C(=O)O)cc3)cc21.CC(C)n1ncc2ccc(Br)cc21.CCOC(=O)C(=O)c1ccc(B2OC(C)(C)C(C)(C)O2)cc1. The zero-order valence-electron chi connectivity index (χ0n) is 71.7. The number of aliphatic hydroxyl groups is 1. The summed E-state index contributed by atoms with van der Waals surface area (Å²) in [6.07, 6.45) is 12.9. The van der Waals surface area contributed by atoms with Crippen LogP contribution in [0.2, 0.25) is 5.02 Å². The fourth-order valence-electron chi connectivity index (χ4n) is 14.1. The van der Waals surface area contributed by atoms with Gasteiger partial charge in [0.1, 0.15) is 11.9 Å². The number of nitrogens with zero attached hydrogens (tertiary/aromatic N) is 10. The van der Waals surface area contributed by atoms with Gasteiger partial charge < -0.3 is 39.2 Å². The van der Waals surface area contributed by atoms with Gasteiger partial charge in [0.25, 0.3) is 17.5 Å². The van der Waals surface area contributed by atoms with Gasteiger partial charge in [0.2, 0.25) is 5.78 Å². The number of aliphatic hydroxyl groups excluding tert-OH is 1. The Hall–Kier alpha value is -10.6. The van der Waals surface area contributed by atoms with Crippen LogP contribution in [0, 0.1) is 0 Å². The lowest BCUT2D eigenvalue weighted by Gasteiger charge is -2.32. The zero-order valence-corrected chi connectivity index (χ0v) is 77.2. The Labute approximate surface area is 752 Å². The first kappa shape index (κ1) is 92.6. The van der Waals surface area contributed by atoms with Gasteiger partial charge >= 0.3 is 19.1 Å². The number of carboxylic acid groups (broad SMARTS) is 1. The summed E-state index contributed by atoms with van der Waals surface area (Å²) in [5, 5.41) is 45.5. The van der Waals surface area contributed by atoms with Crippen molar-refractivity contribution in [1.82, 2.24) is 49.3 Å². The highest BCUT2D eigenvalue weighted by atomic mass is 79.9. The van der Waals surface area contributed by atoms with Crippen LogP contribution >= 0.6 is 59.4 Å². The summed E-state index contributed by atoms with van der Waals surface area (Å²) in [5.41, 5.74) is 12.0. The first-order chi connectivity index (χ1) is 59.1. The number of Topliss-reactive ketones (excluding diaryl/α,β-unsaturated/α-hetero) is 3. The number of aliphatic imine (C=N–C) groups is 1. The highest BCUT2D eigenvalue weighted by Gasteiger charge is 2.52. The predicted octanol–water partition coefficient (Wildman–Crippen LogP) is 20.4. The highest BCUT2D eigenvalue weighted by Crippen LogP contribution is 2.38. The van der Waals surface area contributed by atoms with Crippen molar-refractivity contribution < 1.29 is 57.8 Å². The number of nitrogens with one attached hydrogen (secondary N) is 1. The van der Waals surface area contributed by atoms with Gasteiger partial charge in [0, 0.05) is 94.8 Å². The maximum absolute atomic E-state index is 13.2. The first-order valence-electron chi connectivity index (χ1n) is 41.5. The molecule has 1 aliphatic carbocycles. The number of carbonyl (C=O) groups is 6. The second-order valence-corrected chi connectivity index (χ2v) is 36.1. The topological polar surface area (TPSA) is 279 Å². The van der Waals surface area contributed by atoms with Gasteiger partial charge in [-0.1, -0.05) is 181 Å². The number of ether oxygens (including phenoxy) is 2. The number of hydrogen-bond acceptors (Lipinski definition) is 17. The van der Waals surface area contributed by atoms with Crippen LogP contribution in [0.3, 0.4) is 0 Å². The quantitative estimate of drug-likeness (QED) is 0.0261. The molecule has 28 heteroatoms. The summed E-state index contributed by atoms with van der Waals surface area (Å²) in [6, 6.07) is 56.9. The number of rotatable bonds is 21. The summed E-state index contributed by atoms with van der Waals surface area (Å²) in [4.78, 5) is 78.2. The predicted molar refractivity (Wildman–Crippen MR) is 499 cm³/mol. The van der Waals surface area contributed by atoms with Crippen molar-refractivity contribution in [3.8, 4) is 28.0 Å². The molecule has 4 aliphatic rings. The Morgan fingerprint density at radius 1 is 0.565 bits per heavy atom. The van der Waals surface area contributed by atoms with E-state index >= 15 is 0 Å². The largest absolute Gasteiger partial charge is 0.494 e. The van der Waals surface area contributed by atoms with E-state index in [0.717, 1.165) is 114 Å². The van der Waals surface area contributed by atoms with E-state index in [1.54, 1.807) is 73.7 Å². The summed E-state index contributed by atoms with van der Waals surface area (Å²) >= 11 is 16.8. The first-order valence-corrected chi connectivity index (χ1v) is 44.3. The molecule has 1 amide bonds. The lowest BCUT2D eigenvalue weighted by Crippen LogP contribution is -2.48. The third-order valence-corrected chi connectivity index (χ3v) is 23.6. The molecule has 644 valence electrons. The molecule has 3 N–H and O–H groups in total. The van der Waals surface area contributed by atoms with Gasteiger partial charge in [-0.2, -0.15) is 20.4 Å². The second-order valence-electron chi connectivity index (χ2n) is 32.9. The summed E-state index contributed by atoms with van der Waals surface area (Å²) in [6.45, 7) is 29.6. The zero-order chi connectivity index (χ0) is 89.0. The van der Waals surface area contributed by atoms with E-state index in [0.29, 0.717) is 40.5 Å². The van der Waals surface area contributed by atoms with Gasteiger partial charge in [-0.15, -0.1) is 0 Å². The summed E-state index contributed by atoms with van der Waals surface area (Å²) in [7, 11) is -0.489. The Balaban J connectivity index is 0.000000147. The molecule has 0 bridgehead atoms. The number of carboxylic acids is 1. The molecule has 17 rings (SSSR count). The molecule has 0 radical (unpaired) electrons. The summed E-state index contributed by atoms with van der Waals surface area (Å²) in [5.74, 6) is -4.65. The molecule has 3 fully saturated rings. The minimum absolute atomic E-state index is 0.176. The third kappa shape index (κ3) is 23.1. The molecule has 4 aromatic heterocycles. The molecule has 124 heavy (non-hydrogen) atoms.